The Labute approximate surface area is 148 Å². The van der Waals surface area contributed by atoms with Gasteiger partial charge in [-0.05, 0) is 19.4 Å². The Morgan fingerprint density at radius 2 is 1.72 bits per heavy atom. The van der Waals surface area contributed by atoms with Gasteiger partial charge in [-0.25, -0.2) is 9.98 Å². The summed E-state index contributed by atoms with van der Waals surface area (Å²) >= 11 is 0. The second-order valence-corrected chi connectivity index (χ2v) is 6.31. The van der Waals surface area contributed by atoms with Crippen LogP contribution >= 0.6 is 0 Å². The molecule has 0 aromatic heterocycles. The van der Waals surface area contributed by atoms with Crippen molar-refractivity contribution in [2.45, 2.75) is 13.8 Å². The van der Waals surface area contributed by atoms with Crippen molar-refractivity contribution in [3.63, 3.8) is 0 Å². The number of fused-ring (bicyclic) bond motifs is 1. The van der Waals surface area contributed by atoms with E-state index in [1.165, 1.54) is 0 Å². The lowest BCUT2D eigenvalue weighted by Gasteiger charge is -2.13. The van der Waals surface area contributed by atoms with Gasteiger partial charge in [-0.1, -0.05) is 54.1 Å². The molecular weight excluding hydrogens is 310 g/mol. The molecule has 4 nitrogen and oxygen atoms in total. The number of nitrogens with zero attached hydrogens (tertiary/aromatic N) is 3. The summed E-state index contributed by atoms with van der Waals surface area (Å²) in [5.41, 5.74) is 4.68. The lowest BCUT2D eigenvalue weighted by atomic mass is 9.92. The molecule has 2 aromatic carbocycles. The Kier molecular flexibility index (Phi) is 4.61. The molecule has 0 unspecified atom stereocenters. The van der Waals surface area contributed by atoms with Gasteiger partial charge in [0.05, 0.1) is 11.3 Å². The van der Waals surface area contributed by atoms with Gasteiger partial charge in [-0.15, -0.1) is 0 Å². The largest absolute Gasteiger partial charge is 0.347 e. The van der Waals surface area contributed by atoms with Crippen molar-refractivity contribution >= 4 is 23.5 Å². The van der Waals surface area contributed by atoms with E-state index < -0.39 is 0 Å². The van der Waals surface area contributed by atoms with Gasteiger partial charge in [-0.2, -0.15) is 0 Å². The maximum Gasteiger partial charge on any atom is 0.225 e. The molecule has 0 radical (unpaired) electrons. The molecule has 0 atom stereocenters. The normalized spacial score (nSPS) is 14.4. The van der Waals surface area contributed by atoms with Crippen LogP contribution < -0.4 is 0 Å². The predicted molar refractivity (Wildman–Crippen MR) is 103 cm³/mol. The third-order valence-corrected chi connectivity index (χ3v) is 4.09. The molecule has 1 heterocycles. The van der Waals surface area contributed by atoms with Crippen molar-refractivity contribution in [1.82, 2.24) is 4.90 Å². The van der Waals surface area contributed by atoms with Crippen molar-refractivity contribution in [1.29, 1.82) is 0 Å². The molecule has 0 aliphatic carbocycles. The average molecular weight is 331 g/mol. The summed E-state index contributed by atoms with van der Waals surface area (Å²) in [6, 6.07) is 15.5. The molecular formula is C21H21N3O. The lowest BCUT2D eigenvalue weighted by molar-refractivity contribution is 0.105. The highest BCUT2D eigenvalue weighted by Crippen LogP contribution is 2.27. The smallest absolute Gasteiger partial charge is 0.225 e. The zero-order valence-corrected chi connectivity index (χ0v) is 14.9. The number of guanidine groups is 1. The Morgan fingerprint density at radius 3 is 2.44 bits per heavy atom. The number of carbonyl (C=O) groups is 1. The van der Waals surface area contributed by atoms with Gasteiger partial charge in [0.15, 0.2) is 5.78 Å². The highest BCUT2D eigenvalue weighted by molar-refractivity contribution is 6.31. The fourth-order valence-corrected chi connectivity index (χ4v) is 2.83. The van der Waals surface area contributed by atoms with Gasteiger partial charge >= 0.3 is 0 Å². The Bertz CT molecular complexity index is 920. The number of hydrogen-bond acceptors (Lipinski definition) is 4. The van der Waals surface area contributed by atoms with Crippen LogP contribution in [0.5, 0.6) is 0 Å². The fraction of sp³-hybridized carbons (Fsp3) is 0.190. The molecule has 4 heteroatoms. The first kappa shape index (κ1) is 16.8. The molecule has 2 aromatic rings. The summed E-state index contributed by atoms with van der Waals surface area (Å²) in [6.45, 7) is 3.88. The Hall–Kier alpha value is -3.01. The summed E-state index contributed by atoms with van der Waals surface area (Å²) in [4.78, 5) is 24.3. The summed E-state index contributed by atoms with van der Waals surface area (Å²) in [5.74, 6) is 0.529. The first-order valence-electron chi connectivity index (χ1n) is 8.19. The van der Waals surface area contributed by atoms with Crippen LogP contribution in [0.2, 0.25) is 0 Å². The topological polar surface area (TPSA) is 45.0 Å². The van der Waals surface area contributed by atoms with Gasteiger partial charge in [0.2, 0.25) is 5.96 Å². The molecule has 0 saturated heterocycles. The molecule has 0 spiro atoms. The molecule has 0 fully saturated rings. The molecule has 3 rings (SSSR count). The average Bonchev–Trinajstić information content (AvgIpc) is 2.63. The number of benzene rings is 2. The standard InChI is InChI=1S/C21H21N3O/c1-14-8-7-10-16(12-14)19-15(2)23-21(24(3)4)22-13-17-9-5-6-11-18(17)20(19)25/h5-13H,1-4H3. The van der Waals surface area contributed by atoms with Crippen molar-refractivity contribution in [3.05, 3.63) is 76.5 Å². The first-order valence-corrected chi connectivity index (χ1v) is 8.19. The summed E-state index contributed by atoms with van der Waals surface area (Å²) in [7, 11) is 3.78. The minimum atomic E-state index is -0.0334. The summed E-state index contributed by atoms with van der Waals surface area (Å²) in [6.07, 6.45) is 1.71. The number of aliphatic imine (C=N–C) groups is 2. The van der Waals surface area contributed by atoms with Gasteiger partial charge < -0.3 is 4.90 Å². The van der Waals surface area contributed by atoms with Crippen molar-refractivity contribution in [3.8, 4) is 0 Å². The summed E-state index contributed by atoms with van der Waals surface area (Å²) < 4.78 is 0. The molecule has 25 heavy (non-hydrogen) atoms. The first-order chi connectivity index (χ1) is 12.0. The van der Waals surface area contributed by atoms with Gasteiger partial charge in [-0.3, -0.25) is 4.79 Å². The lowest BCUT2D eigenvalue weighted by Crippen LogP contribution is -2.20. The summed E-state index contributed by atoms with van der Waals surface area (Å²) in [5, 5.41) is 0. The van der Waals surface area contributed by atoms with E-state index in [9.17, 15) is 4.79 Å². The number of ketones is 1. The van der Waals surface area contributed by atoms with E-state index in [1.807, 2.05) is 81.4 Å². The minimum Gasteiger partial charge on any atom is -0.347 e. The third-order valence-electron chi connectivity index (χ3n) is 4.09. The quantitative estimate of drug-likeness (QED) is 0.794. The van der Waals surface area contributed by atoms with Crippen LogP contribution in [0.4, 0.5) is 0 Å². The predicted octanol–water partition coefficient (Wildman–Crippen LogP) is 3.96. The molecule has 0 amide bonds. The van der Waals surface area contributed by atoms with E-state index >= 15 is 0 Å². The highest BCUT2D eigenvalue weighted by Gasteiger charge is 2.21. The number of rotatable bonds is 1. The number of Topliss-reactive ketones (excluding diaryl/α,β-unsaturated/α-hetero) is 1. The van der Waals surface area contributed by atoms with Crippen LogP contribution in [0.15, 0.2) is 64.2 Å². The SMILES string of the molecule is CC1=C(c2cccc(C)c2)C(=O)c2ccccc2C=NC(N(C)C)=N1. The molecule has 1 aliphatic heterocycles. The van der Waals surface area contributed by atoms with E-state index in [0.717, 1.165) is 16.7 Å². The van der Waals surface area contributed by atoms with Gasteiger partial charge in [0, 0.05) is 31.4 Å². The van der Waals surface area contributed by atoms with E-state index in [2.05, 4.69) is 9.98 Å². The number of allylic oxidation sites excluding steroid dienone is 2. The van der Waals surface area contributed by atoms with Crippen LogP contribution in [-0.4, -0.2) is 37.0 Å². The van der Waals surface area contributed by atoms with Crippen molar-refractivity contribution in [2.24, 2.45) is 9.98 Å². The fourth-order valence-electron chi connectivity index (χ4n) is 2.83. The van der Waals surface area contributed by atoms with Crippen LogP contribution in [0.3, 0.4) is 0 Å². The molecule has 1 aliphatic rings. The molecule has 0 N–H and O–H groups in total. The number of aryl methyl sites for hydroxylation is 1. The van der Waals surface area contributed by atoms with Crippen molar-refractivity contribution in [2.75, 3.05) is 14.1 Å². The number of hydrogen-bond donors (Lipinski definition) is 0. The second kappa shape index (κ2) is 6.85. The van der Waals surface area contributed by atoms with E-state index in [-0.39, 0.29) is 5.78 Å². The Morgan fingerprint density at radius 1 is 0.960 bits per heavy atom. The van der Waals surface area contributed by atoms with Gasteiger partial charge in [0.25, 0.3) is 0 Å². The number of carbonyl (C=O) groups excluding carboxylic acids is 1. The maximum absolute atomic E-state index is 13.3. The molecule has 0 saturated carbocycles. The highest BCUT2D eigenvalue weighted by atomic mass is 16.1. The Balaban J connectivity index is 2.31. The van der Waals surface area contributed by atoms with Crippen LogP contribution in [0.25, 0.3) is 5.57 Å². The van der Waals surface area contributed by atoms with Crippen LogP contribution in [0, 0.1) is 6.92 Å². The molecule has 0 bridgehead atoms. The third kappa shape index (κ3) is 3.43. The van der Waals surface area contributed by atoms with E-state index in [1.54, 1.807) is 6.21 Å². The van der Waals surface area contributed by atoms with E-state index in [4.69, 9.17) is 0 Å². The van der Waals surface area contributed by atoms with Crippen LogP contribution in [-0.2, 0) is 0 Å². The zero-order chi connectivity index (χ0) is 18.0. The minimum absolute atomic E-state index is 0.0334. The zero-order valence-electron chi connectivity index (χ0n) is 14.9. The second-order valence-electron chi connectivity index (χ2n) is 6.31. The van der Waals surface area contributed by atoms with Crippen LogP contribution in [0.1, 0.15) is 34.0 Å². The van der Waals surface area contributed by atoms with Crippen molar-refractivity contribution < 1.29 is 4.79 Å². The van der Waals surface area contributed by atoms with Gasteiger partial charge in [0.1, 0.15) is 0 Å². The molecule has 126 valence electrons. The maximum atomic E-state index is 13.3. The monoisotopic (exact) mass is 331 g/mol. The van der Waals surface area contributed by atoms with E-state index in [0.29, 0.717) is 22.8 Å².